The monoisotopic (exact) mass is 211 g/mol. The molecule has 0 aliphatic carbocycles. The number of hydrogen-bond donors (Lipinski definition) is 0. The normalized spacial score (nSPS) is 8.82. The Morgan fingerprint density at radius 1 is 1.55 bits per heavy atom. The van der Waals surface area contributed by atoms with Crippen molar-refractivity contribution in [3.8, 4) is 11.8 Å². The maximum atomic E-state index is 8.68. The lowest BCUT2D eigenvalue weighted by Gasteiger charge is -2.00. The highest BCUT2D eigenvalue weighted by atomic mass is 79.9. The summed E-state index contributed by atoms with van der Waals surface area (Å²) in [5.41, 5.74) is 1.49. The van der Waals surface area contributed by atoms with Crippen molar-refractivity contribution in [1.29, 1.82) is 5.26 Å². The molecule has 0 saturated carbocycles. The lowest BCUT2D eigenvalue weighted by Crippen LogP contribution is -1.85. The van der Waals surface area contributed by atoms with Gasteiger partial charge in [0.1, 0.15) is 6.07 Å². The quantitative estimate of drug-likeness (QED) is 0.716. The number of nitriles is 1. The van der Waals surface area contributed by atoms with Crippen LogP contribution in [-0.2, 0) is 0 Å². The average molecular weight is 212 g/mol. The van der Waals surface area contributed by atoms with Crippen molar-refractivity contribution >= 4 is 16.3 Å². The first-order chi connectivity index (χ1) is 5.29. The summed E-state index contributed by atoms with van der Waals surface area (Å²) in [5, 5.41) is 8.68. The van der Waals surface area contributed by atoms with E-state index in [9.17, 15) is 0 Å². The molecule has 0 radical (unpaired) electrons. The van der Waals surface area contributed by atoms with Gasteiger partial charge in [0.15, 0.2) is 22.0 Å². The maximum Gasteiger partial charge on any atom is 0.179 e. The largest absolute Gasteiger partial charge is 0.417 e. The Bertz CT molecular complexity index is 303. The highest BCUT2D eigenvalue weighted by molar-refractivity contribution is 9.06. The van der Waals surface area contributed by atoms with Crippen molar-refractivity contribution < 1.29 is 3.83 Å². The number of benzene rings is 1. The van der Waals surface area contributed by atoms with Gasteiger partial charge in [0.2, 0.25) is 0 Å². The highest BCUT2D eigenvalue weighted by Gasteiger charge is 2.03. The van der Waals surface area contributed by atoms with Crippen molar-refractivity contribution in [2.24, 2.45) is 0 Å². The van der Waals surface area contributed by atoms with Gasteiger partial charge in [-0.15, -0.1) is 0 Å². The molecule has 1 rings (SSSR count). The minimum atomic E-state index is 0.563. The number of halogens is 1. The van der Waals surface area contributed by atoms with Gasteiger partial charge in [-0.2, -0.15) is 5.26 Å². The Kier molecular flexibility index (Phi) is 2.50. The van der Waals surface area contributed by atoms with Crippen molar-refractivity contribution in [2.45, 2.75) is 6.92 Å². The van der Waals surface area contributed by atoms with Crippen molar-refractivity contribution in [3.05, 3.63) is 29.3 Å². The first-order valence-electron chi connectivity index (χ1n) is 3.08. The second-order valence-electron chi connectivity index (χ2n) is 2.14. The molecule has 0 aliphatic rings. The van der Waals surface area contributed by atoms with Gasteiger partial charge in [-0.1, -0.05) is 12.1 Å². The molecule has 1 aromatic carbocycles. The predicted molar refractivity (Wildman–Crippen MR) is 45.4 cm³/mol. The molecule has 0 aromatic heterocycles. The fourth-order valence-electron chi connectivity index (χ4n) is 0.848. The third-order valence-corrected chi connectivity index (χ3v) is 1.78. The molecule has 0 amide bonds. The summed E-state index contributed by atoms with van der Waals surface area (Å²) in [4.78, 5) is 0. The van der Waals surface area contributed by atoms with E-state index in [1.807, 2.05) is 19.1 Å². The third-order valence-electron chi connectivity index (χ3n) is 1.43. The summed E-state index contributed by atoms with van der Waals surface area (Å²) in [5.74, 6) is 0.563. The van der Waals surface area contributed by atoms with Gasteiger partial charge in [-0.05, 0) is 18.6 Å². The SMILES string of the molecule is Cc1cccc(OBr)c1C#N. The molecular formula is C8H6BrNO. The van der Waals surface area contributed by atoms with E-state index in [0.29, 0.717) is 11.3 Å². The van der Waals surface area contributed by atoms with E-state index in [0.717, 1.165) is 5.56 Å². The standard InChI is InChI=1S/C8H6BrNO/c1-6-3-2-4-8(11-9)7(6)5-10/h2-4H,1H3. The Balaban J connectivity index is 3.27. The molecule has 0 saturated heterocycles. The summed E-state index contributed by atoms with van der Waals surface area (Å²) in [6.07, 6.45) is 0. The van der Waals surface area contributed by atoms with Crippen LogP contribution >= 0.6 is 16.3 Å². The van der Waals surface area contributed by atoms with E-state index >= 15 is 0 Å². The van der Waals surface area contributed by atoms with Crippen LogP contribution in [0.15, 0.2) is 18.2 Å². The Labute approximate surface area is 73.9 Å². The maximum absolute atomic E-state index is 8.68. The zero-order chi connectivity index (χ0) is 8.27. The Morgan fingerprint density at radius 2 is 2.27 bits per heavy atom. The van der Waals surface area contributed by atoms with Crippen LogP contribution < -0.4 is 3.83 Å². The Hall–Kier alpha value is -1.01. The van der Waals surface area contributed by atoms with Crippen LogP contribution in [0.1, 0.15) is 11.1 Å². The van der Waals surface area contributed by atoms with Crippen LogP contribution in [0, 0.1) is 18.3 Å². The Morgan fingerprint density at radius 3 is 2.73 bits per heavy atom. The lowest BCUT2D eigenvalue weighted by atomic mass is 10.1. The summed E-state index contributed by atoms with van der Waals surface area (Å²) in [6.45, 7) is 1.87. The van der Waals surface area contributed by atoms with E-state index in [1.165, 1.54) is 0 Å². The first kappa shape index (κ1) is 8.09. The third kappa shape index (κ3) is 1.52. The average Bonchev–Trinajstić information content (AvgIpc) is 2.04. The minimum absolute atomic E-state index is 0.563. The number of rotatable bonds is 1. The number of hydrogen-bond acceptors (Lipinski definition) is 2. The molecule has 0 N–H and O–H groups in total. The lowest BCUT2D eigenvalue weighted by molar-refractivity contribution is 0.674. The molecule has 3 heteroatoms. The molecule has 0 spiro atoms. The second kappa shape index (κ2) is 3.40. The van der Waals surface area contributed by atoms with Gasteiger partial charge in [0.25, 0.3) is 0 Å². The number of aryl methyl sites for hydroxylation is 1. The van der Waals surface area contributed by atoms with Crippen molar-refractivity contribution in [1.82, 2.24) is 0 Å². The molecule has 56 valence electrons. The second-order valence-corrected chi connectivity index (χ2v) is 2.46. The van der Waals surface area contributed by atoms with Crippen LogP contribution in [-0.4, -0.2) is 0 Å². The fraction of sp³-hybridized carbons (Fsp3) is 0.125. The predicted octanol–water partition coefficient (Wildman–Crippen LogP) is 2.56. The molecule has 0 heterocycles. The van der Waals surface area contributed by atoms with Crippen LogP contribution in [0.4, 0.5) is 0 Å². The minimum Gasteiger partial charge on any atom is -0.417 e. The van der Waals surface area contributed by atoms with Gasteiger partial charge >= 0.3 is 0 Å². The van der Waals surface area contributed by atoms with Gasteiger partial charge in [-0.3, -0.25) is 0 Å². The summed E-state index contributed by atoms with van der Waals surface area (Å²) in [6, 6.07) is 7.51. The van der Waals surface area contributed by atoms with Crippen LogP contribution in [0.2, 0.25) is 0 Å². The summed E-state index contributed by atoms with van der Waals surface area (Å²) in [7, 11) is 0. The molecule has 2 nitrogen and oxygen atoms in total. The molecule has 0 bridgehead atoms. The zero-order valence-electron chi connectivity index (χ0n) is 5.97. The zero-order valence-corrected chi connectivity index (χ0v) is 7.55. The molecular weight excluding hydrogens is 206 g/mol. The highest BCUT2D eigenvalue weighted by Crippen LogP contribution is 2.21. The van der Waals surface area contributed by atoms with Crippen LogP contribution in [0.3, 0.4) is 0 Å². The summed E-state index contributed by atoms with van der Waals surface area (Å²) < 4.78 is 4.81. The van der Waals surface area contributed by atoms with E-state index in [-0.39, 0.29) is 0 Å². The topological polar surface area (TPSA) is 33.0 Å². The van der Waals surface area contributed by atoms with Crippen LogP contribution in [0.25, 0.3) is 0 Å². The number of nitrogens with zero attached hydrogens (tertiary/aromatic N) is 1. The van der Waals surface area contributed by atoms with Crippen LogP contribution in [0.5, 0.6) is 5.75 Å². The van der Waals surface area contributed by atoms with Crippen molar-refractivity contribution in [2.75, 3.05) is 0 Å². The van der Waals surface area contributed by atoms with E-state index in [2.05, 4.69) is 22.3 Å². The van der Waals surface area contributed by atoms with Gasteiger partial charge in [0, 0.05) is 0 Å². The van der Waals surface area contributed by atoms with Gasteiger partial charge in [-0.25, -0.2) is 0 Å². The molecule has 1 aromatic rings. The molecule has 0 atom stereocenters. The smallest absolute Gasteiger partial charge is 0.179 e. The first-order valence-corrected chi connectivity index (χ1v) is 3.72. The van der Waals surface area contributed by atoms with Crippen molar-refractivity contribution in [3.63, 3.8) is 0 Å². The molecule has 0 aliphatic heterocycles. The molecule has 11 heavy (non-hydrogen) atoms. The fourth-order valence-corrected chi connectivity index (χ4v) is 1.12. The van der Waals surface area contributed by atoms with Gasteiger partial charge in [0.05, 0.1) is 5.56 Å². The van der Waals surface area contributed by atoms with E-state index in [1.54, 1.807) is 6.07 Å². The molecule has 0 unspecified atom stereocenters. The summed E-state index contributed by atoms with van der Waals surface area (Å²) >= 11 is 2.83. The van der Waals surface area contributed by atoms with E-state index < -0.39 is 0 Å². The molecule has 0 fully saturated rings. The van der Waals surface area contributed by atoms with E-state index in [4.69, 9.17) is 9.09 Å². The van der Waals surface area contributed by atoms with Gasteiger partial charge < -0.3 is 3.83 Å².